The number of hydrogen-bond donors (Lipinski definition) is 1. The van der Waals surface area contributed by atoms with Crippen LogP contribution in [0.15, 0.2) is 0 Å². The molecule has 2 N–H and O–H groups in total. The molecular weight excluding hydrogens is 198 g/mol. The summed E-state index contributed by atoms with van der Waals surface area (Å²) in [6.07, 6.45) is 6.30. The number of hydrogen-bond acceptors (Lipinski definition) is 2. The van der Waals surface area contributed by atoms with E-state index in [0.29, 0.717) is 12.1 Å². The Labute approximate surface area is 94.0 Å². The molecule has 0 aromatic carbocycles. The van der Waals surface area contributed by atoms with Crippen LogP contribution in [0, 0.1) is 5.92 Å². The van der Waals surface area contributed by atoms with Gasteiger partial charge in [0.1, 0.15) is 0 Å². The van der Waals surface area contributed by atoms with Gasteiger partial charge in [-0.25, -0.2) is 0 Å². The van der Waals surface area contributed by atoms with Gasteiger partial charge in [-0.3, -0.25) is 0 Å². The molecule has 0 unspecified atom stereocenters. The fourth-order valence-corrected chi connectivity index (χ4v) is 1.73. The summed E-state index contributed by atoms with van der Waals surface area (Å²) in [5.74, 6) is 0.755. The number of nitrogens with two attached hydrogens (primary N) is 1. The molecule has 0 spiro atoms. The van der Waals surface area contributed by atoms with Crippen LogP contribution < -0.4 is 5.73 Å². The van der Waals surface area contributed by atoms with Gasteiger partial charge in [-0.1, -0.05) is 13.8 Å². The summed E-state index contributed by atoms with van der Waals surface area (Å²) in [5, 5.41) is 0. The van der Waals surface area contributed by atoms with Gasteiger partial charge in [0.05, 0.1) is 6.10 Å². The third-order valence-corrected chi connectivity index (χ3v) is 2.77. The van der Waals surface area contributed by atoms with Crippen molar-refractivity contribution in [3.8, 4) is 0 Å². The molecule has 0 aliphatic heterocycles. The van der Waals surface area contributed by atoms with Gasteiger partial charge in [-0.2, -0.15) is 0 Å². The van der Waals surface area contributed by atoms with Gasteiger partial charge in [-0.15, -0.1) is 12.4 Å². The second-order valence-corrected chi connectivity index (χ2v) is 4.59. The van der Waals surface area contributed by atoms with Crippen molar-refractivity contribution < 1.29 is 4.74 Å². The van der Waals surface area contributed by atoms with Gasteiger partial charge in [0.15, 0.2) is 0 Å². The lowest BCUT2D eigenvalue weighted by Crippen LogP contribution is -2.30. The molecule has 2 nitrogen and oxygen atoms in total. The number of rotatable bonds is 4. The van der Waals surface area contributed by atoms with Crippen molar-refractivity contribution in [1.82, 2.24) is 0 Å². The van der Waals surface area contributed by atoms with Crippen molar-refractivity contribution in [2.75, 3.05) is 6.61 Å². The highest BCUT2D eigenvalue weighted by Crippen LogP contribution is 2.20. The molecule has 3 heteroatoms. The Morgan fingerprint density at radius 3 is 2.29 bits per heavy atom. The second kappa shape index (κ2) is 7.49. The fraction of sp³-hybridized carbons (Fsp3) is 1.00. The van der Waals surface area contributed by atoms with E-state index in [1.807, 2.05) is 0 Å². The fourth-order valence-electron chi connectivity index (χ4n) is 1.73. The minimum absolute atomic E-state index is 0. The Hall–Kier alpha value is 0.210. The molecule has 0 amide bonds. The molecule has 1 aliphatic rings. The van der Waals surface area contributed by atoms with Crippen molar-refractivity contribution >= 4 is 12.4 Å². The molecule has 1 fully saturated rings. The third kappa shape index (κ3) is 5.84. The zero-order chi connectivity index (χ0) is 9.68. The van der Waals surface area contributed by atoms with Crippen molar-refractivity contribution in [2.45, 2.75) is 58.1 Å². The van der Waals surface area contributed by atoms with Crippen molar-refractivity contribution in [3.63, 3.8) is 0 Å². The molecule has 0 aromatic rings. The Balaban J connectivity index is 0.00000169. The van der Waals surface area contributed by atoms with E-state index in [9.17, 15) is 0 Å². The average molecular weight is 222 g/mol. The van der Waals surface area contributed by atoms with E-state index in [-0.39, 0.29) is 12.4 Å². The van der Waals surface area contributed by atoms with E-state index in [1.54, 1.807) is 0 Å². The highest BCUT2D eigenvalue weighted by molar-refractivity contribution is 5.85. The van der Waals surface area contributed by atoms with Crippen LogP contribution in [0.5, 0.6) is 0 Å². The molecule has 1 rings (SSSR count). The van der Waals surface area contributed by atoms with Crippen LogP contribution in [0.3, 0.4) is 0 Å². The molecule has 0 radical (unpaired) electrons. The summed E-state index contributed by atoms with van der Waals surface area (Å²) in [7, 11) is 0. The second-order valence-electron chi connectivity index (χ2n) is 4.59. The summed E-state index contributed by atoms with van der Waals surface area (Å²) < 4.78 is 5.79. The highest BCUT2D eigenvalue weighted by Gasteiger charge is 2.18. The Morgan fingerprint density at radius 1 is 1.21 bits per heavy atom. The van der Waals surface area contributed by atoms with Gasteiger partial charge in [-0.05, 0) is 38.0 Å². The highest BCUT2D eigenvalue weighted by atomic mass is 35.5. The first-order valence-electron chi connectivity index (χ1n) is 5.55. The SMILES string of the molecule is CC(C)CCOC1CCC(N)CC1.Cl. The first-order valence-corrected chi connectivity index (χ1v) is 5.55. The van der Waals surface area contributed by atoms with E-state index in [2.05, 4.69) is 13.8 Å². The summed E-state index contributed by atoms with van der Waals surface area (Å²) in [5.41, 5.74) is 5.82. The van der Waals surface area contributed by atoms with E-state index in [1.165, 1.54) is 19.3 Å². The Morgan fingerprint density at radius 2 is 1.79 bits per heavy atom. The van der Waals surface area contributed by atoms with Gasteiger partial charge in [0, 0.05) is 12.6 Å². The monoisotopic (exact) mass is 221 g/mol. The zero-order valence-electron chi connectivity index (χ0n) is 9.37. The minimum Gasteiger partial charge on any atom is -0.378 e. The maximum atomic E-state index is 5.82. The van der Waals surface area contributed by atoms with Crippen molar-refractivity contribution in [1.29, 1.82) is 0 Å². The largest absolute Gasteiger partial charge is 0.378 e. The maximum absolute atomic E-state index is 5.82. The first-order chi connectivity index (χ1) is 6.18. The molecular formula is C11H24ClNO. The van der Waals surface area contributed by atoms with Crippen LogP contribution >= 0.6 is 12.4 Å². The molecule has 1 saturated carbocycles. The lowest BCUT2D eigenvalue weighted by atomic mass is 9.94. The Bertz CT molecular complexity index is 133. The normalized spacial score (nSPS) is 27.4. The van der Waals surface area contributed by atoms with Crippen LogP contribution in [-0.2, 0) is 4.74 Å². The molecule has 0 saturated heterocycles. The lowest BCUT2D eigenvalue weighted by Gasteiger charge is -2.26. The number of ether oxygens (including phenoxy) is 1. The van der Waals surface area contributed by atoms with Crippen molar-refractivity contribution in [3.05, 3.63) is 0 Å². The first kappa shape index (κ1) is 14.2. The summed E-state index contributed by atoms with van der Waals surface area (Å²) in [6, 6.07) is 0.435. The van der Waals surface area contributed by atoms with E-state index >= 15 is 0 Å². The average Bonchev–Trinajstić information content (AvgIpc) is 2.08. The predicted molar refractivity (Wildman–Crippen MR) is 62.9 cm³/mol. The summed E-state index contributed by atoms with van der Waals surface area (Å²) in [4.78, 5) is 0. The van der Waals surface area contributed by atoms with Crippen LogP contribution in [0.25, 0.3) is 0 Å². The quantitative estimate of drug-likeness (QED) is 0.793. The lowest BCUT2D eigenvalue weighted by molar-refractivity contribution is 0.0199. The van der Waals surface area contributed by atoms with Gasteiger partial charge in [0.25, 0.3) is 0 Å². The van der Waals surface area contributed by atoms with Gasteiger partial charge >= 0.3 is 0 Å². The molecule has 0 atom stereocenters. The summed E-state index contributed by atoms with van der Waals surface area (Å²) in [6.45, 7) is 5.40. The molecule has 0 heterocycles. The maximum Gasteiger partial charge on any atom is 0.0576 e. The van der Waals surface area contributed by atoms with Crippen LogP contribution in [-0.4, -0.2) is 18.8 Å². The zero-order valence-corrected chi connectivity index (χ0v) is 10.2. The van der Waals surface area contributed by atoms with E-state index in [0.717, 1.165) is 25.4 Å². The topological polar surface area (TPSA) is 35.2 Å². The smallest absolute Gasteiger partial charge is 0.0576 e. The molecule has 86 valence electrons. The predicted octanol–water partition coefficient (Wildman–Crippen LogP) is 2.74. The van der Waals surface area contributed by atoms with Gasteiger partial charge in [0.2, 0.25) is 0 Å². The third-order valence-electron chi connectivity index (χ3n) is 2.77. The van der Waals surface area contributed by atoms with Crippen LogP contribution in [0.2, 0.25) is 0 Å². The molecule has 14 heavy (non-hydrogen) atoms. The van der Waals surface area contributed by atoms with E-state index < -0.39 is 0 Å². The summed E-state index contributed by atoms with van der Waals surface area (Å²) >= 11 is 0. The van der Waals surface area contributed by atoms with Crippen LogP contribution in [0.1, 0.15) is 46.0 Å². The molecule has 1 aliphatic carbocycles. The number of halogens is 1. The Kier molecular flexibility index (Phi) is 7.61. The van der Waals surface area contributed by atoms with Gasteiger partial charge < -0.3 is 10.5 Å². The molecule has 0 aromatic heterocycles. The van der Waals surface area contributed by atoms with Crippen molar-refractivity contribution in [2.24, 2.45) is 11.7 Å². The van der Waals surface area contributed by atoms with E-state index in [4.69, 9.17) is 10.5 Å². The molecule has 0 bridgehead atoms. The van der Waals surface area contributed by atoms with Crippen LogP contribution in [0.4, 0.5) is 0 Å². The minimum atomic E-state index is 0. The standard InChI is InChI=1S/C11H23NO.ClH/c1-9(2)7-8-13-11-5-3-10(12)4-6-11;/h9-11H,3-8,12H2,1-2H3;1H.